The molecule has 2 atom stereocenters. The average Bonchev–Trinajstić information content (AvgIpc) is 2.31. The van der Waals surface area contributed by atoms with E-state index in [2.05, 4.69) is 10.3 Å². The molecular weight excluding hydrogens is 245 g/mol. The van der Waals surface area contributed by atoms with E-state index in [1.807, 2.05) is 0 Å². The summed E-state index contributed by atoms with van der Waals surface area (Å²) < 4.78 is 37.5. The number of halogens is 3. The average molecular weight is 260 g/mol. The van der Waals surface area contributed by atoms with Crippen molar-refractivity contribution in [3.8, 4) is 0 Å². The van der Waals surface area contributed by atoms with Crippen LogP contribution in [0.15, 0.2) is 18.2 Å². The third kappa shape index (κ3) is 3.13. The minimum atomic E-state index is -4.44. The number of aliphatic hydroxyl groups excluding tert-OH is 1. The Balaban J connectivity index is 2.09. The zero-order chi connectivity index (χ0) is 13.2. The highest BCUT2D eigenvalue weighted by molar-refractivity contribution is 5.37. The highest BCUT2D eigenvalue weighted by atomic mass is 19.4. The largest absolute Gasteiger partial charge is 0.433 e. The summed E-state index contributed by atoms with van der Waals surface area (Å²) in [5, 5.41) is 12.6. The van der Waals surface area contributed by atoms with Crippen molar-refractivity contribution in [2.45, 2.75) is 44.0 Å². The van der Waals surface area contributed by atoms with Crippen LogP contribution >= 0.6 is 0 Å². The quantitative estimate of drug-likeness (QED) is 0.859. The molecule has 1 aliphatic rings. The molecule has 1 fully saturated rings. The maximum atomic E-state index is 12.5. The van der Waals surface area contributed by atoms with Crippen LogP contribution in [0.1, 0.15) is 31.4 Å². The Bertz CT molecular complexity index is 409. The van der Waals surface area contributed by atoms with Gasteiger partial charge in [-0.2, -0.15) is 13.2 Å². The summed E-state index contributed by atoms with van der Waals surface area (Å²) in [6.07, 6.45) is -1.61. The molecule has 0 saturated heterocycles. The lowest BCUT2D eigenvalue weighted by Gasteiger charge is -2.28. The van der Waals surface area contributed by atoms with Crippen molar-refractivity contribution in [3.05, 3.63) is 23.9 Å². The zero-order valence-corrected chi connectivity index (χ0v) is 9.74. The van der Waals surface area contributed by atoms with Gasteiger partial charge in [0.05, 0.1) is 12.1 Å². The fraction of sp³-hybridized carbons (Fsp3) is 0.583. The molecule has 0 amide bonds. The van der Waals surface area contributed by atoms with Gasteiger partial charge in [0.2, 0.25) is 0 Å². The second-order valence-electron chi connectivity index (χ2n) is 4.51. The van der Waals surface area contributed by atoms with Crippen molar-refractivity contribution >= 4 is 5.82 Å². The maximum Gasteiger partial charge on any atom is 0.433 e. The SMILES string of the molecule is O[C@H]1CCCC[C@@H]1Nc1cccc(C(F)(F)F)n1. The number of hydrogen-bond acceptors (Lipinski definition) is 3. The van der Waals surface area contributed by atoms with Crippen LogP contribution in [-0.2, 0) is 6.18 Å². The van der Waals surface area contributed by atoms with Gasteiger partial charge in [0.15, 0.2) is 0 Å². The lowest BCUT2D eigenvalue weighted by Crippen LogP contribution is -2.36. The molecule has 0 bridgehead atoms. The molecule has 2 N–H and O–H groups in total. The van der Waals surface area contributed by atoms with Crippen molar-refractivity contribution in [2.75, 3.05) is 5.32 Å². The summed E-state index contributed by atoms with van der Waals surface area (Å²) in [6, 6.07) is 3.52. The molecule has 0 radical (unpaired) electrons. The predicted molar refractivity (Wildman–Crippen MR) is 61.1 cm³/mol. The Labute approximate surface area is 103 Å². The molecule has 3 nitrogen and oxygen atoms in total. The van der Waals surface area contributed by atoms with Crippen LogP contribution in [0.3, 0.4) is 0 Å². The number of nitrogens with one attached hydrogen (secondary N) is 1. The van der Waals surface area contributed by atoms with Crippen molar-refractivity contribution in [2.24, 2.45) is 0 Å². The smallest absolute Gasteiger partial charge is 0.391 e. The van der Waals surface area contributed by atoms with E-state index in [0.29, 0.717) is 6.42 Å². The summed E-state index contributed by atoms with van der Waals surface area (Å²) in [4.78, 5) is 3.53. The lowest BCUT2D eigenvalue weighted by molar-refractivity contribution is -0.141. The normalized spacial score (nSPS) is 24.9. The number of aliphatic hydroxyl groups is 1. The van der Waals surface area contributed by atoms with E-state index in [1.165, 1.54) is 12.1 Å². The molecule has 1 aromatic heterocycles. The molecule has 0 spiro atoms. The molecule has 100 valence electrons. The molecule has 1 aromatic rings. The van der Waals surface area contributed by atoms with E-state index in [9.17, 15) is 18.3 Å². The number of aromatic nitrogens is 1. The first-order valence-electron chi connectivity index (χ1n) is 5.95. The fourth-order valence-corrected chi connectivity index (χ4v) is 2.14. The summed E-state index contributed by atoms with van der Waals surface area (Å²) in [5.74, 6) is 0.163. The molecule has 0 aromatic carbocycles. The molecular formula is C12H15F3N2O. The van der Waals surface area contributed by atoms with Gasteiger partial charge in [-0.3, -0.25) is 0 Å². The molecule has 2 rings (SSSR count). The van der Waals surface area contributed by atoms with Gasteiger partial charge >= 0.3 is 6.18 Å². The first-order valence-corrected chi connectivity index (χ1v) is 5.95. The maximum absolute atomic E-state index is 12.5. The van der Waals surface area contributed by atoms with Crippen molar-refractivity contribution < 1.29 is 18.3 Å². The molecule has 1 saturated carbocycles. The third-order valence-electron chi connectivity index (χ3n) is 3.10. The second-order valence-corrected chi connectivity index (χ2v) is 4.51. The van der Waals surface area contributed by atoms with Crippen LogP contribution in [0.5, 0.6) is 0 Å². The van der Waals surface area contributed by atoms with Crippen LogP contribution in [0.25, 0.3) is 0 Å². The molecule has 6 heteroatoms. The van der Waals surface area contributed by atoms with Gasteiger partial charge in [-0.1, -0.05) is 18.9 Å². The highest BCUT2D eigenvalue weighted by Crippen LogP contribution is 2.29. The Morgan fingerprint density at radius 3 is 2.61 bits per heavy atom. The van der Waals surface area contributed by atoms with E-state index >= 15 is 0 Å². The summed E-state index contributed by atoms with van der Waals surface area (Å²) in [5.41, 5.74) is -0.919. The molecule has 0 aliphatic heterocycles. The van der Waals surface area contributed by atoms with E-state index in [-0.39, 0.29) is 11.9 Å². The number of hydrogen-bond donors (Lipinski definition) is 2. The van der Waals surface area contributed by atoms with E-state index in [4.69, 9.17) is 0 Å². The first kappa shape index (κ1) is 13.1. The van der Waals surface area contributed by atoms with Gasteiger partial charge in [0.1, 0.15) is 11.5 Å². The summed E-state index contributed by atoms with van der Waals surface area (Å²) in [6.45, 7) is 0. The van der Waals surface area contributed by atoms with Gasteiger partial charge in [0, 0.05) is 0 Å². The molecule has 18 heavy (non-hydrogen) atoms. The third-order valence-corrected chi connectivity index (χ3v) is 3.10. The molecule has 0 unspecified atom stereocenters. The molecule has 1 aliphatic carbocycles. The van der Waals surface area contributed by atoms with Gasteiger partial charge in [-0.15, -0.1) is 0 Å². The van der Waals surface area contributed by atoms with Crippen LogP contribution in [0, 0.1) is 0 Å². The Kier molecular flexibility index (Phi) is 3.75. The number of rotatable bonds is 2. The zero-order valence-electron chi connectivity index (χ0n) is 9.74. The lowest BCUT2D eigenvalue weighted by atomic mass is 9.92. The number of anilines is 1. The summed E-state index contributed by atoms with van der Waals surface area (Å²) in [7, 11) is 0. The minimum absolute atomic E-state index is 0.163. The van der Waals surface area contributed by atoms with Gasteiger partial charge in [-0.05, 0) is 25.0 Å². The fourth-order valence-electron chi connectivity index (χ4n) is 2.14. The second kappa shape index (κ2) is 5.14. The minimum Gasteiger partial charge on any atom is -0.391 e. The Hall–Kier alpha value is -1.30. The van der Waals surface area contributed by atoms with Crippen molar-refractivity contribution in [1.29, 1.82) is 0 Å². The van der Waals surface area contributed by atoms with Gasteiger partial charge in [-0.25, -0.2) is 4.98 Å². The topological polar surface area (TPSA) is 45.1 Å². The highest BCUT2D eigenvalue weighted by Gasteiger charge is 2.32. The number of pyridine rings is 1. The monoisotopic (exact) mass is 260 g/mol. The van der Waals surface area contributed by atoms with Crippen molar-refractivity contribution in [3.63, 3.8) is 0 Å². The van der Waals surface area contributed by atoms with Crippen LogP contribution < -0.4 is 5.32 Å². The van der Waals surface area contributed by atoms with Crippen molar-refractivity contribution in [1.82, 2.24) is 4.98 Å². The van der Waals surface area contributed by atoms with Crippen LogP contribution in [0.2, 0.25) is 0 Å². The molecule has 1 heterocycles. The van der Waals surface area contributed by atoms with E-state index in [1.54, 1.807) is 0 Å². The van der Waals surface area contributed by atoms with Gasteiger partial charge in [0.25, 0.3) is 0 Å². The standard InChI is InChI=1S/C12H15F3N2O/c13-12(14,15)10-6-3-7-11(17-10)16-8-4-1-2-5-9(8)18/h3,6-9,18H,1-2,4-5H2,(H,16,17)/t8-,9-/m0/s1. The van der Waals surface area contributed by atoms with Crippen LogP contribution in [0.4, 0.5) is 19.0 Å². The van der Waals surface area contributed by atoms with Crippen LogP contribution in [-0.4, -0.2) is 22.2 Å². The Morgan fingerprint density at radius 1 is 1.22 bits per heavy atom. The first-order chi connectivity index (χ1) is 8.47. The number of alkyl halides is 3. The number of nitrogens with zero attached hydrogens (tertiary/aromatic N) is 1. The van der Waals surface area contributed by atoms with E-state index < -0.39 is 18.0 Å². The Morgan fingerprint density at radius 2 is 1.94 bits per heavy atom. The predicted octanol–water partition coefficient (Wildman–Crippen LogP) is 2.82. The van der Waals surface area contributed by atoms with Gasteiger partial charge < -0.3 is 10.4 Å². The summed E-state index contributed by atoms with van der Waals surface area (Å²) >= 11 is 0. The van der Waals surface area contributed by atoms with E-state index in [0.717, 1.165) is 25.3 Å².